The van der Waals surface area contributed by atoms with Crippen LogP contribution in [0.4, 0.5) is 0 Å². The van der Waals surface area contributed by atoms with E-state index in [1.807, 2.05) is 0 Å². The lowest BCUT2D eigenvalue weighted by atomic mass is 9.83. The Labute approximate surface area is 186 Å². The molecule has 3 heteroatoms. The number of nitrogens with one attached hydrogen (secondary N) is 1. The SMILES string of the molecule is Cc1ccc(/C(C2=CC=C(N3CCNCC3)CC2)=C(\CCCO)c2ccccc2)cc1. The first-order chi connectivity index (χ1) is 15.3. The van der Waals surface area contributed by atoms with Gasteiger partial charge in [0.2, 0.25) is 0 Å². The van der Waals surface area contributed by atoms with Gasteiger partial charge in [-0.3, -0.25) is 0 Å². The lowest BCUT2D eigenvalue weighted by molar-refractivity contribution is 0.289. The van der Waals surface area contributed by atoms with Crippen molar-refractivity contribution in [3.8, 4) is 0 Å². The summed E-state index contributed by atoms with van der Waals surface area (Å²) in [6.45, 7) is 6.69. The first kappa shape index (κ1) is 21.6. The van der Waals surface area contributed by atoms with Crippen molar-refractivity contribution in [2.75, 3.05) is 32.8 Å². The van der Waals surface area contributed by atoms with Crippen molar-refractivity contribution in [1.82, 2.24) is 10.2 Å². The number of allylic oxidation sites excluding steroid dienone is 6. The van der Waals surface area contributed by atoms with E-state index in [9.17, 15) is 5.11 Å². The number of aliphatic hydroxyl groups is 1. The Morgan fingerprint density at radius 3 is 2.29 bits per heavy atom. The van der Waals surface area contributed by atoms with Crippen LogP contribution in [0.1, 0.15) is 42.4 Å². The fourth-order valence-corrected chi connectivity index (χ4v) is 4.63. The molecule has 1 saturated heterocycles. The van der Waals surface area contributed by atoms with Crippen LogP contribution in [0.25, 0.3) is 11.1 Å². The number of piperazine rings is 1. The first-order valence-electron chi connectivity index (χ1n) is 11.6. The largest absolute Gasteiger partial charge is 0.396 e. The van der Waals surface area contributed by atoms with Gasteiger partial charge in [-0.1, -0.05) is 66.2 Å². The zero-order valence-corrected chi connectivity index (χ0v) is 18.6. The van der Waals surface area contributed by atoms with Crippen LogP contribution in [-0.2, 0) is 0 Å². The van der Waals surface area contributed by atoms with E-state index in [0.29, 0.717) is 0 Å². The van der Waals surface area contributed by atoms with Crippen LogP contribution in [0.5, 0.6) is 0 Å². The topological polar surface area (TPSA) is 35.5 Å². The molecule has 0 amide bonds. The Kier molecular flexibility index (Phi) is 7.39. The van der Waals surface area contributed by atoms with Crippen molar-refractivity contribution in [2.24, 2.45) is 0 Å². The highest BCUT2D eigenvalue weighted by molar-refractivity contribution is 5.98. The molecule has 1 aliphatic carbocycles. The minimum atomic E-state index is 0.212. The number of nitrogens with zero attached hydrogens (tertiary/aromatic N) is 1. The average molecular weight is 415 g/mol. The molecule has 0 spiro atoms. The summed E-state index contributed by atoms with van der Waals surface area (Å²) in [6.07, 6.45) is 8.47. The maximum absolute atomic E-state index is 9.58. The van der Waals surface area contributed by atoms with Crippen molar-refractivity contribution < 1.29 is 5.11 Å². The maximum Gasteiger partial charge on any atom is 0.0434 e. The second-order valence-corrected chi connectivity index (χ2v) is 8.50. The third-order valence-corrected chi connectivity index (χ3v) is 6.32. The Bertz CT molecular complexity index is 948. The number of rotatable bonds is 7. The first-order valence-corrected chi connectivity index (χ1v) is 11.6. The summed E-state index contributed by atoms with van der Waals surface area (Å²) >= 11 is 0. The second kappa shape index (κ2) is 10.6. The molecular weight excluding hydrogens is 380 g/mol. The van der Waals surface area contributed by atoms with Crippen molar-refractivity contribution in [3.63, 3.8) is 0 Å². The molecule has 0 saturated carbocycles. The standard InChI is InChI=1S/C28H34N2O/c1-22-9-11-24(12-10-22)28(27(8-5-21-31)23-6-3-2-4-7-23)25-13-15-26(16-14-25)30-19-17-29-18-20-30/h2-4,6-7,9-13,15,29,31H,5,8,14,16-21H2,1H3/b28-27-. The van der Waals surface area contributed by atoms with Crippen molar-refractivity contribution >= 4 is 11.1 Å². The third kappa shape index (κ3) is 5.36. The highest BCUT2D eigenvalue weighted by atomic mass is 16.2. The molecule has 2 N–H and O–H groups in total. The number of benzene rings is 2. The molecule has 1 heterocycles. The van der Waals surface area contributed by atoms with E-state index in [-0.39, 0.29) is 6.61 Å². The van der Waals surface area contributed by atoms with E-state index in [1.165, 1.54) is 39.1 Å². The van der Waals surface area contributed by atoms with Gasteiger partial charge in [-0.05, 0) is 66.5 Å². The molecule has 2 aliphatic rings. The van der Waals surface area contributed by atoms with Gasteiger partial charge in [-0.25, -0.2) is 0 Å². The van der Waals surface area contributed by atoms with E-state index >= 15 is 0 Å². The fourth-order valence-electron chi connectivity index (χ4n) is 4.63. The molecule has 1 aliphatic heterocycles. The van der Waals surface area contributed by atoms with Gasteiger partial charge in [0.05, 0.1) is 0 Å². The molecule has 0 unspecified atom stereocenters. The molecule has 1 fully saturated rings. The molecule has 0 atom stereocenters. The Morgan fingerprint density at radius 2 is 1.65 bits per heavy atom. The molecule has 162 valence electrons. The van der Waals surface area contributed by atoms with E-state index in [0.717, 1.165) is 51.9 Å². The van der Waals surface area contributed by atoms with Gasteiger partial charge in [0.1, 0.15) is 0 Å². The lowest BCUT2D eigenvalue weighted by Crippen LogP contribution is -2.43. The quantitative estimate of drug-likeness (QED) is 0.612. The van der Waals surface area contributed by atoms with Crippen molar-refractivity contribution in [2.45, 2.75) is 32.6 Å². The minimum absolute atomic E-state index is 0.212. The Morgan fingerprint density at radius 1 is 0.903 bits per heavy atom. The van der Waals surface area contributed by atoms with Gasteiger partial charge in [0.25, 0.3) is 0 Å². The summed E-state index contributed by atoms with van der Waals surface area (Å²) in [5.74, 6) is 0. The van der Waals surface area contributed by atoms with Gasteiger partial charge >= 0.3 is 0 Å². The monoisotopic (exact) mass is 414 g/mol. The van der Waals surface area contributed by atoms with Gasteiger partial charge in [-0.2, -0.15) is 0 Å². The van der Waals surface area contributed by atoms with Crippen LogP contribution >= 0.6 is 0 Å². The molecule has 31 heavy (non-hydrogen) atoms. The molecular formula is C28H34N2O. The predicted molar refractivity (Wildman–Crippen MR) is 131 cm³/mol. The summed E-state index contributed by atoms with van der Waals surface area (Å²) < 4.78 is 0. The van der Waals surface area contributed by atoms with Gasteiger partial charge in [0.15, 0.2) is 0 Å². The summed E-state index contributed by atoms with van der Waals surface area (Å²) in [7, 11) is 0. The number of hydrogen-bond donors (Lipinski definition) is 2. The van der Waals surface area contributed by atoms with E-state index in [4.69, 9.17) is 0 Å². The lowest BCUT2D eigenvalue weighted by Gasteiger charge is -2.33. The van der Waals surface area contributed by atoms with Gasteiger partial charge in [-0.15, -0.1) is 0 Å². The molecule has 2 aromatic carbocycles. The molecule has 0 radical (unpaired) electrons. The zero-order valence-electron chi connectivity index (χ0n) is 18.6. The fraction of sp³-hybridized carbons (Fsp3) is 0.357. The molecule has 4 rings (SSSR count). The second-order valence-electron chi connectivity index (χ2n) is 8.50. The summed E-state index contributed by atoms with van der Waals surface area (Å²) in [6, 6.07) is 19.6. The van der Waals surface area contributed by atoms with Crippen LogP contribution in [0.3, 0.4) is 0 Å². The molecule has 0 bridgehead atoms. The predicted octanol–water partition coefficient (Wildman–Crippen LogP) is 5.19. The molecule has 2 aromatic rings. The third-order valence-electron chi connectivity index (χ3n) is 6.32. The van der Waals surface area contributed by atoms with Crippen LogP contribution in [-0.4, -0.2) is 42.8 Å². The van der Waals surface area contributed by atoms with Crippen molar-refractivity contribution in [1.29, 1.82) is 0 Å². The van der Waals surface area contributed by atoms with E-state index in [2.05, 4.69) is 83.9 Å². The summed E-state index contributed by atoms with van der Waals surface area (Å²) in [4.78, 5) is 2.53. The minimum Gasteiger partial charge on any atom is -0.396 e. The van der Waals surface area contributed by atoms with Crippen LogP contribution in [0.15, 0.2) is 78.0 Å². The smallest absolute Gasteiger partial charge is 0.0434 e. The summed E-state index contributed by atoms with van der Waals surface area (Å²) in [5, 5.41) is 13.0. The highest BCUT2D eigenvalue weighted by Crippen LogP contribution is 2.39. The Balaban J connectivity index is 1.78. The van der Waals surface area contributed by atoms with Gasteiger partial charge < -0.3 is 15.3 Å². The Hall–Kier alpha value is -2.62. The zero-order chi connectivity index (χ0) is 21.5. The van der Waals surface area contributed by atoms with Crippen LogP contribution in [0.2, 0.25) is 0 Å². The van der Waals surface area contributed by atoms with Crippen LogP contribution in [0, 0.1) is 6.92 Å². The molecule has 0 aromatic heterocycles. The van der Waals surface area contributed by atoms with E-state index in [1.54, 1.807) is 0 Å². The summed E-state index contributed by atoms with van der Waals surface area (Å²) in [5.41, 5.74) is 9.35. The normalized spacial score (nSPS) is 17.7. The highest BCUT2D eigenvalue weighted by Gasteiger charge is 2.20. The van der Waals surface area contributed by atoms with Crippen molar-refractivity contribution in [3.05, 3.63) is 94.7 Å². The maximum atomic E-state index is 9.58. The number of aliphatic hydroxyl groups excluding tert-OH is 1. The van der Waals surface area contributed by atoms with E-state index < -0.39 is 0 Å². The number of hydrogen-bond acceptors (Lipinski definition) is 3. The van der Waals surface area contributed by atoms with Gasteiger partial charge in [0, 0.05) is 38.5 Å². The average Bonchev–Trinajstić information content (AvgIpc) is 2.84. The van der Waals surface area contributed by atoms with Crippen LogP contribution < -0.4 is 5.32 Å². The number of aryl methyl sites for hydroxylation is 1. The molecule has 3 nitrogen and oxygen atoms in total.